The number of hydrogen-bond acceptors (Lipinski definition) is 3. The molecular formula is C15H31Cl2N3O. The molecule has 0 aromatic heterocycles. The maximum absolute atomic E-state index is 12.1. The van der Waals surface area contributed by atoms with E-state index in [4.69, 9.17) is 0 Å². The number of carbonyl (C=O) groups excluding carboxylic acids is 1. The summed E-state index contributed by atoms with van der Waals surface area (Å²) in [6, 6.07) is 0.499. The van der Waals surface area contributed by atoms with Crippen LogP contribution in [0.15, 0.2) is 0 Å². The van der Waals surface area contributed by atoms with Gasteiger partial charge in [0.2, 0.25) is 5.91 Å². The predicted molar refractivity (Wildman–Crippen MR) is 92.5 cm³/mol. The zero-order valence-electron chi connectivity index (χ0n) is 13.3. The van der Waals surface area contributed by atoms with Gasteiger partial charge in [0, 0.05) is 19.1 Å². The molecule has 2 N–H and O–H groups in total. The number of nitrogens with one attached hydrogen (secondary N) is 2. The summed E-state index contributed by atoms with van der Waals surface area (Å²) >= 11 is 0. The summed E-state index contributed by atoms with van der Waals surface area (Å²) in [7, 11) is 4.28. The summed E-state index contributed by atoms with van der Waals surface area (Å²) in [5.74, 6) is 1.19. The van der Waals surface area contributed by atoms with Gasteiger partial charge in [0.1, 0.15) is 0 Å². The third kappa shape index (κ3) is 6.31. The highest BCUT2D eigenvalue weighted by Crippen LogP contribution is 2.28. The van der Waals surface area contributed by atoms with Crippen molar-refractivity contribution in [1.29, 1.82) is 0 Å². The smallest absolute Gasteiger partial charge is 0.224 e. The molecule has 1 aliphatic carbocycles. The highest BCUT2D eigenvalue weighted by Gasteiger charge is 2.27. The van der Waals surface area contributed by atoms with E-state index in [2.05, 4.69) is 29.6 Å². The number of halogens is 2. The normalized spacial score (nSPS) is 24.0. The molecule has 2 rings (SSSR count). The topological polar surface area (TPSA) is 44.4 Å². The molecule has 1 heterocycles. The first kappa shape index (κ1) is 21.0. The van der Waals surface area contributed by atoms with Crippen molar-refractivity contribution >= 4 is 30.7 Å². The van der Waals surface area contributed by atoms with Gasteiger partial charge < -0.3 is 15.5 Å². The standard InChI is InChI=1S/C15H29N3O.2ClH/c1-18(2)14(12-6-4-3-5-7-12)11-17-15(19)13-8-9-16-10-13;;/h12-14,16H,3-11H2,1-2H3,(H,17,19);2*1H. The quantitative estimate of drug-likeness (QED) is 0.805. The van der Waals surface area contributed by atoms with Crippen molar-refractivity contribution in [3.8, 4) is 0 Å². The van der Waals surface area contributed by atoms with Gasteiger partial charge in [-0.15, -0.1) is 24.8 Å². The molecule has 1 amide bonds. The average Bonchev–Trinajstić information content (AvgIpc) is 2.93. The average molecular weight is 340 g/mol. The summed E-state index contributed by atoms with van der Waals surface area (Å²) in [5.41, 5.74) is 0. The fourth-order valence-corrected chi connectivity index (χ4v) is 3.52. The molecule has 2 unspecified atom stereocenters. The second-order valence-electron chi connectivity index (χ2n) is 6.36. The Morgan fingerprint density at radius 2 is 1.86 bits per heavy atom. The van der Waals surface area contributed by atoms with E-state index in [1.807, 2.05) is 0 Å². The van der Waals surface area contributed by atoms with Crippen molar-refractivity contribution in [1.82, 2.24) is 15.5 Å². The van der Waals surface area contributed by atoms with Crippen molar-refractivity contribution < 1.29 is 4.79 Å². The first-order chi connectivity index (χ1) is 9.18. The fourth-order valence-electron chi connectivity index (χ4n) is 3.52. The van der Waals surface area contributed by atoms with E-state index in [0.29, 0.717) is 6.04 Å². The number of carbonyl (C=O) groups is 1. The molecule has 1 aliphatic heterocycles. The number of amides is 1. The van der Waals surface area contributed by atoms with E-state index < -0.39 is 0 Å². The summed E-state index contributed by atoms with van der Waals surface area (Å²) < 4.78 is 0. The zero-order valence-corrected chi connectivity index (χ0v) is 14.9. The van der Waals surface area contributed by atoms with Crippen LogP contribution >= 0.6 is 24.8 Å². The van der Waals surface area contributed by atoms with E-state index in [0.717, 1.165) is 32.0 Å². The molecule has 1 saturated heterocycles. The number of nitrogens with zero attached hydrogens (tertiary/aromatic N) is 1. The Morgan fingerprint density at radius 1 is 1.19 bits per heavy atom. The van der Waals surface area contributed by atoms with Crippen LogP contribution in [0.25, 0.3) is 0 Å². The molecule has 0 radical (unpaired) electrons. The molecule has 2 atom stereocenters. The Bertz CT molecular complexity index is 291. The number of rotatable bonds is 5. The minimum absolute atomic E-state index is 0. The highest BCUT2D eigenvalue weighted by atomic mass is 35.5. The Kier molecular flexibility index (Phi) is 10.6. The molecule has 4 nitrogen and oxygen atoms in total. The molecule has 0 aromatic rings. The van der Waals surface area contributed by atoms with Gasteiger partial charge in [-0.1, -0.05) is 19.3 Å². The Morgan fingerprint density at radius 3 is 2.38 bits per heavy atom. The summed E-state index contributed by atoms with van der Waals surface area (Å²) in [6.07, 6.45) is 7.73. The SMILES string of the molecule is CN(C)C(CNC(=O)C1CCNC1)C1CCCCC1.Cl.Cl. The van der Waals surface area contributed by atoms with Gasteiger partial charge in [-0.25, -0.2) is 0 Å². The summed E-state index contributed by atoms with van der Waals surface area (Å²) in [4.78, 5) is 14.4. The Labute approximate surface area is 141 Å². The van der Waals surface area contributed by atoms with E-state index >= 15 is 0 Å². The number of likely N-dealkylation sites (N-methyl/N-ethyl adjacent to an activating group) is 1. The van der Waals surface area contributed by atoms with Gasteiger partial charge in [0.05, 0.1) is 5.92 Å². The lowest BCUT2D eigenvalue weighted by atomic mass is 9.83. The van der Waals surface area contributed by atoms with Gasteiger partial charge in [-0.05, 0) is 45.8 Å². The van der Waals surface area contributed by atoms with Crippen LogP contribution in [0.5, 0.6) is 0 Å². The van der Waals surface area contributed by atoms with Gasteiger partial charge in [0.15, 0.2) is 0 Å². The molecule has 0 aromatic carbocycles. The third-order valence-corrected chi connectivity index (χ3v) is 4.77. The first-order valence-corrected chi connectivity index (χ1v) is 7.83. The van der Waals surface area contributed by atoms with Gasteiger partial charge in [0.25, 0.3) is 0 Å². The Hall–Kier alpha value is -0.0300. The van der Waals surface area contributed by atoms with E-state index in [-0.39, 0.29) is 36.6 Å². The predicted octanol–water partition coefficient (Wildman–Crippen LogP) is 2.07. The van der Waals surface area contributed by atoms with Crippen molar-refractivity contribution in [2.75, 3.05) is 33.7 Å². The van der Waals surface area contributed by atoms with Crippen LogP contribution in [0, 0.1) is 11.8 Å². The van der Waals surface area contributed by atoms with Crippen LogP contribution in [-0.2, 0) is 4.79 Å². The minimum Gasteiger partial charge on any atom is -0.354 e. The van der Waals surface area contributed by atoms with Crippen LogP contribution in [0.1, 0.15) is 38.5 Å². The first-order valence-electron chi connectivity index (χ1n) is 7.83. The van der Waals surface area contributed by atoms with Gasteiger partial charge >= 0.3 is 0 Å². The fraction of sp³-hybridized carbons (Fsp3) is 0.933. The van der Waals surface area contributed by atoms with Gasteiger partial charge in [-0.3, -0.25) is 4.79 Å². The van der Waals surface area contributed by atoms with E-state index in [1.54, 1.807) is 0 Å². The monoisotopic (exact) mass is 339 g/mol. The molecule has 6 heteroatoms. The minimum atomic E-state index is 0. The largest absolute Gasteiger partial charge is 0.354 e. The van der Waals surface area contributed by atoms with Crippen LogP contribution < -0.4 is 10.6 Å². The van der Waals surface area contributed by atoms with Crippen LogP contribution in [0.3, 0.4) is 0 Å². The molecule has 1 saturated carbocycles. The molecule has 21 heavy (non-hydrogen) atoms. The van der Waals surface area contributed by atoms with Crippen molar-refractivity contribution in [2.45, 2.75) is 44.6 Å². The van der Waals surface area contributed by atoms with E-state index in [9.17, 15) is 4.79 Å². The second-order valence-corrected chi connectivity index (χ2v) is 6.36. The zero-order chi connectivity index (χ0) is 13.7. The van der Waals surface area contributed by atoms with Crippen molar-refractivity contribution in [3.05, 3.63) is 0 Å². The third-order valence-electron chi connectivity index (χ3n) is 4.77. The molecule has 0 spiro atoms. The maximum Gasteiger partial charge on any atom is 0.224 e. The lowest BCUT2D eigenvalue weighted by Gasteiger charge is -2.35. The highest BCUT2D eigenvalue weighted by molar-refractivity contribution is 5.85. The lowest BCUT2D eigenvalue weighted by molar-refractivity contribution is -0.124. The second kappa shape index (κ2) is 10.7. The Balaban J connectivity index is 0.00000200. The molecule has 126 valence electrons. The van der Waals surface area contributed by atoms with Crippen molar-refractivity contribution in [2.24, 2.45) is 11.8 Å². The molecule has 2 aliphatic rings. The van der Waals surface area contributed by atoms with Crippen molar-refractivity contribution in [3.63, 3.8) is 0 Å². The molecule has 2 fully saturated rings. The van der Waals surface area contributed by atoms with Gasteiger partial charge in [-0.2, -0.15) is 0 Å². The van der Waals surface area contributed by atoms with E-state index in [1.165, 1.54) is 32.1 Å². The van der Waals surface area contributed by atoms with Crippen LogP contribution in [0.2, 0.25) is 0 Å². The van der Waals surface area contributed by atoms with Crippen LogP contribution in [0.4, 0.5) is 0 Å². The maximum atomic E-state index is 12.1. The van der Waals surface area contributed by atoms with Crippen LogP contribution in [-0.4, -0.2) is 50.6 Å². The summed E-state index contributed by atoms with van der Waals surface area (Å²) in [5, 5.41) is 6.44. The number of hydrogen-bond donors (Lipinski definition) is 2. The summed E-state index contributed by atoms with van der Waals surface area (Å²) in [6.45, 7) is 2.65. The lowest BCUT2D eigenvalue weighted by Crippen LogP contribution is -2.46. The molecule has 0 bridgehead atoms. The molecular weight excluding hydrogens is 309 g/mol.